The molecule has 3 aromatic rings. The molecular weight excluding hydrogens is 396 g/mol. The number of carbonyl (C=O) groups is 2. The second kappa shape index (κ2) is 10.2. The number of aryl methyl sites for hydroxylation is 1. The first-order valence-corrected chi connectivity index (χ1v) is 11.0. The van der Waals surface area contributed by atoms with Gasteiger partial charge in [-0.3, -0.25) is 14.7 Å². The van der Waals surface area contributed by atoms with Crippen LogP contribution in [0.1, 0.15) is 43.1 Å². The molecular formula is C23H26N4O2S. The highest BCUT2D eigenvalue weighted by molar-refractivity contribution is 7.99. The molecule has 156 valence electrons. The molecule has 1 aromatic heterocycles. The number of aromatic amines is 1. The van der Waals surface area contributed by atoms with Gasteiger partial charge in [-0.2, -0.15) is 0 Å². The first-order valence-electron chi connectivity index (χ1n) is 10.0. The molecule has 0 aliphatic carbocycles. The van der Waals surface area contributed by atoms with E-state index in [4.69, 9.17) is 0 Å². The number of hydrogen-bond acceptors (Lipinski definition) is 5. The topological polar surface area (TPSA) is 87.7 Å². The number of Topliss-reactive ketones (excluding diaryl/α,β-unsaturated/α-hetero) is 1. The number of aromatic nitrogens is 3. The summed E-state index contributed by atoms with van der Waals surface area (Å²) in [6, 6.07) is 15.1. The number of H-pyrrole nitrogens is 1. The van der Waals surface area contributed by atoms with Crippen LogP contribution in [0.15, 0.2) is 53.7 Å². The molecule has 30 heavy (non-hydrogen) atoms. The second-order valence-corrected chi connectivity index (χ2v) is 8.39. The largest absolute Gasteiger partial charge is 0.326 e. The molecule has 2 N–H and O–H groups in total. The summed E-state index contributed by atoms with van der Waals surface area (Å²) >= 11 is 1.30. The minimum absolute atomic E-state index is 0.0151. The van der Waals surface area contributed by atoms with Crippen LogP contribution >= 0.6 is 11.8 Å². The Hall–Kier alpha value is -2.93. The number of benzene rings is 2. The van der Waals surface area contributed by atoms with E-state index < -0.39 is 0 Å². The number of nitrogens with one attached hydrogen (secondary N) is 2. The van der Waals surface area contributed by atoms with Gasteiger partial charge in [0.1, 0.15) is 0 Å². The molecule has 7 heteroatoms. The van der Waals surface area contributed by atoms with Crippen LogP contribution in [0, 0.1) is 5.92 Å². The van der Waals surface area contributed by atoms with Gasteiger partial charge < -0.3 is 5.32 Å². The van der Waals surface area contributed by atoms with E-state index in [1.807, 2.05) is 26.0 Å². The van der Waals surface area contributed by atoms with Crippen molar-refractivity contribution in [3.05, 3.63) is 59.7 Å². The first kappa shape index (κ1) is 21.8. The number of amides is 1. The van der Waals surface area contributed by atoms with Gasteiger partial charge in [-0.05, 0) is 42.2 Å². The summed E-state index contributed by atoms with van der Waals surface area (Å²) in [5.41, 5.74) is 3.52. The molecule has 1 heterocycles. The SMILES string of the molecule is CCc1ccc(-c2nc(SCC(=O)c3ccc(NC(=O)CC(C)C)cc3)n[nH]2)cc1. The van der Waals surface area contributed by atoms with Crippen molar-refractivity contribution >= 4 is 29.1 Å². The fourth-order valence-corrected chi connectivity index (χ4v) is 3.57. The molecule has 0 fully saturated rings. The van der Waals surface area contributed by atoms with Crippen LogP contribution in [0.4, 0.5) is 5.69 Å². The highest BCUT2D eigenvalue weighted by Gasteiger charge is 2.12. The summed E-state index contributed by atoms with van der Waals surface area (Å²) in [6.45, 7) is 6.11. The maximum absolute atomic E-state index is 12.5. The van der Waals surface area contributed by atoms with Gasteiger partial charge in [0.2, 0.25) is 11.1 Å². The van der Waals surface area contributed by atoms with Gasteiger partial charge in [0, 0.05) is 23.2 Å². The lowest BCUT2D eigenvalue weighted by Gasteiger charge is -2.07. The quantitative estimate of drug-likeness (QED) is 0.374. The fraction of sp³-hybridized carbons (Fsp3) is 0.304. The Kier molecular flexibility index (Phi) is 7.41. The number of carbonyl (C=O) groups excluding carboxylic acids is 2. The number of nitrogens with zero attached hydrogens (tertiary/aromatic N) is 2. The van der Waals surface area contributed by atoms with Crippen molar-refractivity contribution in [1.82, 2.24) is 15.2 Å². The van der Waals surface area contributed by atoms with E-state index in [2.05, 4.69) is 39.6 Å². The number of anilines is 1. The zero-order chi connectivity index (χ0) is 21.5. The fourth-order valence-electron chi connectivity index (χ4n) is 2.87. The minimum atomic E-state index is -0.0237. The number of ketones is 1. The molecule has 0 spiro atoms. The third kappa shape index (κ3) is 6.03. The van der Waals surface area contributed by atoms with Crippen LogP contribution < -0.4 is 5.32 Å². The Morgan fingerprint density at radius 2 is 1.77 bits per heavy atom. The van der Waals surface area contributed by atoms with Crippen LogP contribution in [0.2, 0.25) is 0 Å². The Labute approximate surface area is 180 Å². The molecule has 0 aliphatic rings. The molecule has 0 radical (unpaired) electrons. The molecule has 0 atom stereocenters. The van der Waals surface area contributed by atoms with Gasteiger partial charge in [0.05, 0.1) is 5.75 Å². The van der Waals surface area contributed by atoms with Crippen molar-refractivity contribution in [3.8, 4) is 11.4 Å². The van der Waals surface area contributed by atoms with E-state index >= 15 is 0 Å². The van der Waals surface area contributed by atoms with E-state index in [9.17, 15) is 9.59 Å². The average molecular weight is 423 g/mol. The van der Waals surface area contributed by atoms with Crippen molar-refractivity contribution in [3.63, 3.8) is 0 Å². The molecule has 0 unspecified atom stereocenters. The zero-order valence-electron chi connectivity index (χ0n) is 17.4. The van der Waals surface area contributed by atoms with Gasteiger partial charge in [-0.1, -0.05) is 56.8 Å². The lowest BCUT2D eigenvalue weighted by molar-refractivity contribution is -0.116. The second-order valence-electron chi connectivity index (χ2n) is 7.45. The predicted octanol–water partition coefficient (Wildman–Crippen LogP) is 4.99. The van der Waals surface area contributed by atoms with Crippen molar-refractivity contribution in [2.24, 2.45) is 5.92 Å². The molecule has 0 saturated heterocycles. The Balaban J connectivity index is 1.54. The van der Waals surface area contributed by atoms with Crippen LogP contribution in [0.5, 0.6) is 0 Å². The van der Waals surface area contributed by atoms with E-state index in [1.165, 1.54) is 17.3 Å². The van der Waals surface area contributed by atoms with Crippen molar-refractivity contribution in [2.45, 2.75) is 38.8 Å². The lowest BCUT2D eigenvalue weighted by atomic mass is 10.1. The Morgan fingerprint density at radius 3 is 2.40 bits per heavy atom. The third-order valence-corrected chi connectivity index (χ3v) is 5.36. The molecule has 0 saturated carbocycles. The van der Waals surface area contributed by atoms with Gasteiger partial charge in [-0.25, -0.2) is 4.98 Å². The molecule has 2 aromatic carbocycles. The van der Waals surface area contributed by atoms with Gasteiger partial charge in [0.15, 0.2) is 11.6 Å². The smallest absolute Gasteiger partial charge is 0.224 e. The van der Waals surface area contributed by atoms with Crippen LogP contribution in [-0.2, 0) is 11.2 Å². The average Bonchev–Trinajstić information content (AvgIpc) is 3.21. The van der Waals surface area contributed by atoms with Crippen molar-refractivity contribution in [2.75, 3.05) is 11.1 Å². The van der Waals surface area contributed by atoms with Gasteiger partial charge in [-0.15, -0.1) is 5.10 Å². The third-order valence-electron chi connectivity index (χ3n) is 4.52. The number of thioether (sulfide) groups is 1. The van der Waals surface area contributed by atoms with E-state index in [0.717, 1.165) is 12.0 Å². The molecule has 0 aliphatic heterocycles. The summed E-state index contributed by atoms with van der Waals surface area (Å²) in [7, 11) is 0. The highest BCUT2D eigenvalue weighted by atomic mass is 32.2. The number of hydrogen-bond donors (Lipinski definition) is 2. The summed E-state index contributed by atoms with van der Waals surface area (Å²) in [6.07, 6.45) is 1.46. The van der Waals surface area contributed by atoms with E-state index in [0.29, 0.717) is 34.6 Å². The summed E-state index contributed by atoms with van der Waals surface area (Å²) in [5.74, 6) is 1.19. The minimum Gasteiger partial charge on any atom is -0.326 e. The molecule has 1 amide bonds. The maximum Gasteiger partial charge on any atom is 0.224 e. The highest BCUT2D eigenvalue weighted by Crippen LogP contribution is 2.21. The summed E-state index contributed by atoms with van der Waals surface area (Å²) in [4.78, 5) is 28.8. The lowest BCUT2D eigenvalue weighted by Crippen LogP contribution is -2.14. The van der Waals surface area contributed by atoms with E-state index in [-0.39, 0.29) is 17.4 Å². The van der Waals surface area contributed by atoms with E-state index in [1.54, 1.807) is 24.3 Å². The normalized spacial score (nSPS) is 10.9. The summed E-state index contributed by atoms with van der Waals surface area (Å²) in [5, 5.41) is 10.5. The zero-order valence-corrected chi connectivity index (χ0v) is 18.3. The van der Waals surface area contributed by atoms with Gasteiger partial charge >= 0.3 is 0 Å². The van der Waals surface area contributed by atoms with Crippen LogP contribution in [-0.4, -0.2) is 32.6 Å². The Bertz CT molecular complexity index is 995. The monoisotopic (exact) mass is 422 g/mol. The summed E-state index contributed by atoms with van der Waals surface area (Å²) < 4.78 is 0. The van der Waals surface area contributed by atoms with Crippen LogP contribution in [0.25, 0.3) is 11.4 Å². The predicted molar refractivity (Wildman–Crippen MR) is 121 cm³/mol. The van der Waals surface area contributed by atoms with Crippen molar-refractivity contribution < 1.29 is 9.59 Å². The number of rotatable bonds is 9. The Morgan fingerprint density at radius 1 is 1.07 bits per heavy atom. The maximum atomic E-state index is 12.5. The van der Waals surface area contributed by atoms with Crippen LogP contribution in [0.3, 0.4) is 0 Å². The molecule has 6 nitrogen and oxygen atoms in total. The molecule has 0 bridgehead atoms. The van der Waals surface area contributed by atoms with Gasteiger partial charge in [0.25, 0.3) is 0 Å². The molecule has 3 rings (SSSR count). The standard InChI is InChI=1S/C23H26N4O2S/c1-4-16-5-7-18(8-6-16)22-25-23(27-26-22)30-14-20(28)17-9-11-19(12-10-17)24-21(29)13-15(2)3/h5-12,15H,4,13-14H2,1-3H3,(H,24,29)(H,25,26,27). The van der Waals surface area contributed by atoms with Crippen molar-refractivity contribution in [1.29, 1.82) is 0 Å². The first-order chi connectivity index (χ1) is 14.4.